The van der Waals surface area contributed by atoms with Gasteiger partial charge in [0.05, 0.1) is 17.3 Å². The molecule has 0 atom stereocenters. The van der Waals surface area contributed by atoms with Crippen LogP contribution in [0.3, 0.4) is 0 Å². The van der Waals surface area contributed by atoms with Crippen molar-refractivity contribution in [1.29, 1.82) is 0 Å². The lowest BCUT2D eigenvalue weighted by molar-refractivity contribution is 0.144. The highest BCUT2D eigenvalue weighted by Gasteiger charge is 2.22. The van der Waals surface area contributed by atoms with E-state index >= 15 is 0 Å². The summed E-state index contributed by atoms with van der Waals surface area (Å²) in [6.07, 6.45) is 3.04. The number of fused-ring (bicyclic) bond motifs is 1. The Balaban J connectivity index is 1.97. The molecule has 0 unspecified atom stereocenters. The van der Waals surface area contributed by atoms with Crippen LogP contribution in [0.5, 0.6) is 5.75 Å². The summed E-state index contributed by atoms with van der Waals surface area (Å²) in [5, 5.41) is 0. The number of hydrogen-bond acceptors (Lipinski definition) is 5. The zero-order valence-electron chi connectivity index (χ0n) is 13.6. The van der Waals surface area contributed by atoms with E-state index in [0.29, 0.717) is 10.1 Å². The number of methoxy groups -OCH3 is 1. The maximum Gasteiger partial charge on any atom is 0.266 e. The standard InChI is InChI=1S/C16H15BrFN3O4S/c1-24-7-8-25-13-5-4-11(18)9-14(13)26(22,23)20-15-10-19-16-12(17)3-2-6-21(15)16/h2-6,9-10,20H,7-8H2,1H3. The topological polar surface area (TPSA) is 81.9 Å². The van der Waals surface area contributed by atoms with E-state index in [-0.39, 0.29) is 29.7 Å². The van der Waals surface area contributed by atoms with Crippen molar-refractivity contribution in [3.05, 3.63) is 53.0 Å². The predicted molar refractivity (Wildman–Crippen MR) is 97.5 cm³/mol. The zero-order chi connectivity index (χ0) is 18.7. The van der Waals surface area contributed by atoms with Crippen molar-refractivity contribution in [2.45, 2.75) is 4.90 Å². The molecule has 0 saturated heterocycles. The Kier molecular flexibility index (Phi) is 5.44. The highest BCUT2D eigenvalue weighted by molar-refractivity contribution is 9.10. The van der Waals surface area contributed by atoms with E-state index in [1.807, 2.05) is 0 Å². The summed E-state index contributed by atoms with van der Waals surface area (Å²) in [6.45, 7) is 0.402. The second-order valence-corrected chi connectivity index (χ2v) is 7.74. The van der Waals surface area contributed by atoms with Crippen LogP contribution in [0.1, 0.15) is 0 Å². The average molecular weight is 444 g/mol. The van der Waals surface area contributed by atoms with Gasteiger partial charge in [-0.15, -0.1) is 0 Å². The van der Waals surface area contributed by atoms with E-state index in [4.69, 9.17) is 9.47 Å². The molecule has 2 aromatic heterocycles. The number of imidazole rings is 1. The number of ether oxygens (including phenoxy) is 2. The molecule has 3 aromatic rings. The maximum absolute atomic E-state index is 13.7. The number of anilines is 1. The lowest BCUT2D eigenvalue weighted by Gasteiger charge is -2.13. The Morgan fingerprint density at radius 3 is 2.88 bits per heavy atom. The lowest BCUT2D eigenvalue weighted by atomic mass is 10.3. The molecule has 7 nitrogen and oxygen atoms in total. The molecule has 0 spiro atoms. The third-order valence-electron chi connectivity index (χ3n) is 3.47. The average Bonchev–Trinajstić information content (AvgIpc) is 3.00. The molecule has 0 bridgehead atoms. The van der Waals surface area contributed by atoms with Gasteiger partial charge in [-0.05, 0) is 46.3 Å². The number of nitrogens with one attached hydrogen (secondary N) is 1. The van der Waals surface area contributed by atoms with Gasteiger partial charge in [-0.1, -0.05) is 0 Å². The molecule has 2 heterocycles. The van der Waals surface area contributed by atoms with Gasteiger partial charge in [0.25, 0.3) is 10.0 Å². The first-order chi connectivity index (χ1) is 12.4. The maximum atomic E-state index is 13.7. The third kappa shape index (κ3) is 3.81. The number of nitrogens with zero attached hydrogens (tertiary/aromatic N) is 2. The first-order valence-electron chi connectivity index (χ1n) is 7.48. The van der Waals surface area contributed by atoms with Crippen LogP contribution in [0.15, 0.2) is 52.1 Å². The quantitative estimate of drug-likeness (QED) is 0.567. The molecular weight excluding hydrogens is 429 g/mol. The number of halogens is 2. The highest BCUT2D eigenvalue weighted by atomic mass is 79.9. The van der Waals surface area contributed by atoms with Gasteiger partial charge >= 0.3 is 0 Å². The fourth-order valence-corrected chi connectivity index (χ4v) is 3.93. The Hall–Kier alpha value is -2.17. The molecule has 1 aromatic carbocycles. The summed E-state index contributed by atoms with van der Waals surface area (Å²) in [4.78, 5) is 3.86. The van der Waals surface area contributed by atoms with Crippen molar-refractivity contribution < 1.29 is 22.3 Å². The molecule has 3 rings (SSSR count). The number of benzene rings is 1. The molecule has 0 aliphatic carbocycles. The van der Waals surface area contributed by atoms with Gasteiger partial charge in [-0.2, -0.15) is 0 Å². The van der Waals surface area contributed by atoms with E-state index in [0.717, 1.165) is 12.1 Å². The summed E-state index contributed by atoms with van der Waals surface area (Å²) in [5.74, 6) is -0.440. The number of pyridine rings is 1. The fourth-order valence-electron chi connectivity index (χ4n) is 2.29. The van der Waals surface area contributed by atoms with E-state index in [1.165, 1.54) is 19.4 Å². The summed E-state index contributed by atoms with van der Waals surface area (Å²) in [6, 6.07) is 6.83. The molecular formula is C16H15BrFN3O4S. The van der Waals surface area contributed by atoms with Crippen LogP contribution >= 0.6 is 15.9 Å². The zero-order valence-corrected chi connectivity index (χ0v) is 16.0. The molecule has 0 saturated carbocycles. The minimum Gasteiger partial charge on any atom is -0.490 e. The SMILES string of the molecule is COCCOc1ccc(F)cc1S(=O)(=O)Nc1cnc2c(Br)cccn12. The van der Waals surface area contributed by atoms with Crippen molar-refractivity contribution in [2.75, 3.05) is 25.0 Å². The monoisotopic (exact) mass is 443 g/mol. The first-order valence-corrected chi connectivity index (χ1v) is 9.75. The summed E-state index contributed by atoms with van der Waals surface area (Å²) < 4.78 is 54.2. The van der Waals surface area contributed by atoms with Gasteiger partial charge < -0.3 is 9.47 Å². The molecule has 26 heavy (non-hydrogen) atoms. The van der Waals surface area contributed by atoms with Crippen LogP contribution < -0.4 is 9.46 Å². The predicted octanol–water partition coefficient (Wildman–Crippen LogP) is 3.06. The van der Waals surface area contributed by atoms with E-state index in [9.17, 15) is 12.8 Å². The Morgan fingerprint density at radius 2 is 2.12 bits per heavy atom. The number of aromatic nitrogens is 2. The van der Waals surface area contributed by atoms with Gasteiger partial charge in [0.2, 0.25) is 0 Å². The van der Waals surface area contributed by atoms with Crippen molar-refractivity contribution in [3.8, 4) is 5.75 Å². The Bertz CT molecular complexity index is 1040. The minimum absolute atomic E-state index is 0.0333. The van der Waals surface area contributed by atoms with Crippen LogP contribution in [0.2, 0.25) is 0 Å². The Labute approximate surface area is 157 Å². The fraction of sp³-hybridized carbons (Fsp3) is 0.188. The minimum atomic E-state index is -4.11. The largest absolute Gasteiger partial charge is 0.490 e. The molecule has 0 fully saturated rings. The van der Waals surface area contributed by atoms with E-state index < -0.39 is 15.8 Å². The molecule has 0 aliphatic rings. The second-order valence-electron chi connectivity index (χ2n) is 5.23. The molecule has 0 amide bonds. The second kappa shape index (κ2) is 7.60. The molecule has 1 N–H and O–H groups in total. The number of rotatable bonds is 7. The Morgan fingerprint density at radius 1 is 1.31 bits per heavy atom. The third-order valence-corrected chi connectivity index (χ3v) is 5.46. The van der Waals surface area contributed by atoms with Crippen LogP contribution in [0.4, 0.5) is 10.2 Å². The number of sulfonamides is 1. The summed E-state index contributed by atoms with van der Waals surface area (Å²) in [7, 11) is -2.61. The number of hydrogen-bond donors (Lipinski definition) is 1. The highest BCUT2D eigenvalue weighted by Crippen LogP contribution is 2.28. The van der Waals surface area contributed by atoms with Crippen LogP contribution in [0.25, 0.3) is 5.65 Å². The van der Waals surface area contributed by atoms with Crippen molar-refractivity contribution in [1.82, 2.24) is 9.38 Å². The molecule has 0 radical (unpaired) electrons. The molecule has 10 heteroatoms. The van der Waals surface area contributed by atoms with Gasteiger partial charge in [-0.3, -0.25) is 9.12 Å². The van der Waals surface area contributed by atoms with Crippen molar-refractivity contribution in [3.63, 3.8) is 0 Å². The van der Waals surface area contributed by atoms with Crippen molar-refractivity contribution in [2.24, 2.45) is 0 Å². The van der Waals surface area contributed by atoms with Crippen molar-refractivity contribution >= 4 is 37.4 Å². The van der Waals surface area contributed by atoms with Gasteiger partial charge in [0.15, 0.2) is 5.65 Å². The van der Waals surface area contributed by atoms with Gasteiger partial charge in [0.1, 0.15) is 28.9 Å². The summed E-state index contributed by atoms with van der Waals surface area (Å²) >= 11 is 3.35. The smallest absolute Gasteiger partial charge is 0.266 e. The van der Waals surface area contributed by atoms with Crippen LogP contribution in [0, 0.1) is 5.82 Å². The molecule has 0 aliphatic heterocycles. The van der Waals surface area contributed by atoms with E-state index in [2.05, 4.69) is 25.6 Å². The van der Waals surface area contributed by atoms with Gasteiger partial charge in [0, 0.05) is 13.3 Å². The normalized spacial score (nSPS) is 11.7. The van der Waals surface area contributed by atoms with E-state index in [1.54, 1.807) is 22.7 Å². The molecule has 138 valence electrons. The van der Waals surface area contributed by atoms with Gasteiger partial charge in [-0.25, -0.2) is 17.8 Å². The summed E-state index contributed by atoms with van der Waals surface area (Å²) in [5.41, 5.74) is 0.543. The van der Waals surface area contributed by atoms with Crippen LogP contribution in [-0.2, 0) is 14.8 Å². The lowest BCUT2D eigenvalue weighted by Crippen LogP contribution is -2.16. The van der Waals surface area contributed by atoms with Crippen LogP contribution in [-0.4, -0.2) is 38.1 Å². The first kappa shape index (κ1) is 18.6.